The molecule has 6 nitrogen and oxygen atoms in total. The fraction of sp³-hybridized carbons (Fsp3) is 0.241. The van der Waals surface area contributed by atoms with Crippen LogP contribution in [0.2, 0.25) is 0 Å². The van der Waals surface area contributed by atoms with Crippen LogP contribution in [0.5, 0.6) is 11.5 Å². The van der Waals surface area contributed by atoms with Crippen LogP contribution in [-0.4, -0.2) is 30.5 Å². The number of methoxy groups -OCH3 is 1. The molecule has 0 aliphatic carbocycles. The first kappa shape index (κ1) is 25.0. The number of aliphatic hydroxyl groups excluding tert-OH is 1. The van der Waals surface area contributed by atoms with E-state index in [0.717, 1.165) is 11.6 Å². The van der Waals surface area contributed by atoms with Gasteiger partial charge in [-0.15, -0.1) is 0 Å². The predicted octanol–water partition coefficient (Wildman–Crippen LogP) is 5.98. The van der Waals surface area contributed by atoms with E-state index in [-0.39, 0.29) is 22.8 Å². The molecule has 4 rings (SSSR count). The van der Waals surface area contributed by atoms with Crippen molar-refractivity contribution >= 4 is 23.1 Å². The molecule has 7 heteroatoms. The molecule has 0 aromatic heterocycles. The molecule has 3 aromatic rings. The number of benzene rings is 3. The van der Waals surface area contributed by atoms with Gasteiger partial charge in [0.2, 0.25) is 0 Å². The van der Waals surface area contributed by atoms with Crippen molar-refractivity contribution in [1.82, 2.24) is 0 Å². The van der Waals surface area contributed by atoms with Crippen molar-refractivity contribution in [2.75, 3.05) is 18.6 Å². The summed E-state index contributed by atoms with van der Waals surface area (Å²) >= 11 is 0. The SMILES string of the molecule is CCOc1cccc(N2C(=O)C(=O)/C(=C(/O)c3cc(F)ccc3OC)C2c2ccc(C(C)C)cc2)c1. The van der Waals surface area contributed by atoms with Crippen molar-refractivity contribution in [3.05, 3.63) is 94.8 Å². The number of hydrogen-bond acceptors (Lipinski definition) is 5. The lowest BCUT2D eigenvalue weighted by Crippen LogP contribution is -2.29. The van der Waals surface area contributed by atoms with Crippen molar-refractivity contribution in [3.63, 3.8) is 0 Å². The summed E-state index contributed by atoms with van der Waals surface area (Å²) in [5.74, 6) is -1.81. The van der Waals surface area contributed by atoms with E-state index in [1.807, 2.05) is 31.2 Å². The van der Waals surface area contributed by atoms with Crippen molar-refractivity contribution in [2.45, 2.75) is 32.7 Å². The van der Waals surface area contributed by atoms with Crippen LogP contribution in [0.25, 0.3) is 5.76 Å². The minimum Gasteiger partial charge on any atom is -0.507 e. The molecule has 0 radical (unpaired) electrons. The first-order valence-corrected chi connectivity index (χ1v) is 11.7. The van der Waals surface area contributed by atoms with Gasteiger partial charge in [0.1, 0.15) is 23.1 Å². The Kier molecular flexibility index (Phi) is 7.10. The summed E-state index contributed by atoms with van der Waals surface area (Å²) in [6.07, 6.45) is 0. The number of Topliss-reactive ketones (excluding diaryl/α,β-unsaturated/α-hetero) is 1. The summed E-state index contributed by atoms with van der Waals surface area (Å²) in [7, 11) is 1.38. The fourth-order valence-corrected chi connectivity index (χ4v) is 4.38. The van der Waals surface area contributed by atoms with Gasteiger partial charge in [0.05, 0.1) is 30.9 Å². The molecule has 1 atom stereocenters. The number of anilines is 1. The standard InChI is InChI=1S/C29H28FNO5/c1-5-36-22-8-6-7-21(16-22)31-26(19-11-9-18(10-12-19)17(2)3)25(28(33)29(31)34)27(32)23-15-20(30)13-14-24(23)35-4/h6-17,26,32H,5H2,1-4H3/b27-25+. The molecule has 0 saturated carbocycles. The van der Waals surface area contributed by atoms with Crippen molar-refractivity contribution in [1.29, 1.82) is 0 Å². The summed E-state index contributed by atoms with van der Waals surface area (Å²) in [4.78, 5) is 28.1. The number of aliphatic hydroxyl groups is 1. The Morgan fingerprint density at radius 1 is 1.06 bits per heavy atom. The molecule has 0 bridgehead atoms. The molecule has 1 aliphatic heterocycles. The van der Waals surface area contributed by atoms with Gasteiger partial charge in [-0.1, -0.05) is 44.2 Å². The Morgan fingerprint density at radius 2 is 1.78 bits per heavy atom. The smallest absolute Gasteiger partial charge is 0.300 e. The molecule has 1 N–H and O–H groups in total. The van der Waals surface area contributed by atoms with E-state index in [2.05, 4.69) is 13.8 Å². The maximum absolute atomic E-state index is 14.1. The first-order valence-electron chi connectivity index (χ1n) is 11.7. The topological polar surface area (TPSA) is 76.1 Å². The molecule has 1 unspecified atom stereocenters. The van der Waals surface area contributed by atoms with E-state index in [4.69, 9.17) is 9.47 Å². The van der Waals surface area contributed by atoms with E-state index in [1.165, 1.54) is 24.1 Å². The summed E-state index contributed by atoms with van der Waals surface area (Å²) in [5, 5.41) is 11.3. The third-order valence-corrected chi connectivity index (χ3v) is 6.19. The minimum atomic E-state index is -0.948. The highest BCUT2D eigenvalue weighted by atomic mass is 19.1. The molecular weight excluding hydrogens is 461 g/mol. The molecule has 1 fully saturated rings. The number of hydrogen-bond donors (Lipinski definition) is 1. The molecule has 3 aromatic carbocycles. The molecule has 1 amide bonds. The van der Waals surface area contributed by atoms with Crippen molar-refractivity contribution in [3.8, 4) is 11.5 Å². The summed E-state index contributed by atoms with van der Waals surface area (Å²) in [5.41, 5.74) is 1.98. The number of ether oxygens (including phenoxy) is 2. The molecule has 36 heavy (non-hydrogen) atoms. The largest absolute Gasteiger partial charge is 0.507 e. The molecule has 1 saturated heterocycles. The van der Waals surface area contributed by atoms with Gasteiger partial charge in [-0.25, -0.2) is 4.39 Å². The molecule has 1 aliphatic rings. The van der Waals surface area contributed by atoms with E-state index in [9.17, 15) is 19.1 Å². The monoisotopic (exact) mass is 489 g/mol. The van der Waals surface area contributed by atoms with Gasteiger partial charge in [-0.05, 0) is 54.3 Å². The Morgan fingerprint density at radius 3 is 2.42 bits per heavy atom. The zero-order valence-electron chi connectivity index (χ0n) is 20.6. The van der Waals surface area contributed by atoms with Crippen molar-refractivity contribution in [2.24, 2.45) is 0 Å². The Labute approximate surface area is 209 Å². The maximum Gasteiger partial charge on any atom is 0.300 e. The van der Waals surface area contributed by atoms with Gasteiger partial charge in [-0.2, -0.15) is 0 Å². The van der Waals surface area contributed by atoms with Crippen LogP contribution < -0.4 is 14.4 Å². The van der Waals surface area contributed by atoms with Gasteiger partial charge in [0.25, 0.3) is 11.7 Å². The highest BCUT2D eigenvalue weighted by Crippen LogP contribution is 2.44. The minimum absolute atomic E-state index is 0.0117. The number of carbonyl (C=O) groups is 2. The predicted molar refractivity (Wildman–Crippen MR) is 136 cm³/mol. The van der Waals surface area contributed by atoms with Gasteiger partial charge in [0.15, 0.2) is 0 Å². The first-order chi connectivity index (χ1) is 17.3. The zero-order chi connectivity index (χ0) is 26.0. The third-order valence-electron chi connectivity index (χ3n) is 6.19. The normalized spacial score (nSPS) is 17.1. The molecule has 0 spiro atoms. The van der Waals surface area contributed by atoms with Gasteiger partial charge >= 0.3 is 0 Å². The Balaban J connectivity index is 1.96. The highest BCUT2D eigenvalue weighted by Gasteiger charge is 2.47. The third kappa shape index (κ3) is 4.56. The van der Waals surface area contributed by atoms with Crippen LogP contribution in [0.3, 0.4) is 0 Å². The Hall–Kier alpha value is -4.13. The van der Waals surface area contributed by atoms with Crippen LogP contribution in [0.4, 0.5) is 10.1 Å². The van der Waals surface area contributed by atoms with Crippen LogP contribution in [0.1, 0.15) is 49.4 Å². The van der Waals surface area contributed by atoms with Crippen LogP contribution >= 0.6 is 0 Å². The fourth-order valence-electron chi connectivity index (χ4n) is 4.38. The molecular formula is C29H28FNO5. The summed E-state index contributed by atoms with van der Waals surface area (Å²) in [6.45, 7) is 6.41. The van der Waals surface area contributed by atoms with E-state index >= 15 is 0 Å². The number of nitrogens with zero attached hydrogens (tertiary/aromatic N) is 1. The van der Waals surface area contributed by atoms with E-state index in [1.54, 1.807) is 24.3 Å². The molecule has 1 heterocycles. The van der Waals surface area contributed by atoms with Crippen molar-refractivity contribution < 1.29 is 28.6 Å². The zero-order valence-corrected chi connectivity index (χ0v) is 20.6. The van der Waals surface area contributed by atoms with E-state index in [0.29, 0.717) is 23.6 Å². The number of amides is 1. The van der Waals surface area contributed by atoms with Crippen LogP contribution in [0, 0.1) is 5.82 Å². The lowest BCUT2D eigenvalue weighted by Gasteiger charge is -2.26. The van der Waals surface area contributed by atoms with Gasteiger partial charge in [0, 0.05) is 11.8 Å². The quantitative estimate of drug-likeness (QED) is 0.251. The maximum atomic E-state index is 14.1. The summed E-state index contributed by atoms with van der Waals surface area (Å²) in [6, 6.07) is 17.1. The van der Waals surface area contributed by atoms with Gasteiger partial charge in [-0.3, -0.25) is 14.5 Å². The number of carbonyl (C=O) groups excluding carboxylic acids is 2. The Bertz CT molecular complexity index is 1330. The average molecular weight is 490 g/mol. The lowest BCUT2D eigenvalue weighted by atomic mass is 9.93. The number of halogens is 1. The second kappa shape index (κ2) is 10.2. The average Bonchev–Trinajstić information content (AvgIpc) is 3.14. The molecule has 186 valence electrons. The summed E-state index contributed by atoms with van der Waals surface area (Å²) < 4.78 is 25.0. The van der Waals surface area contributed by atoms with Crippen LogP contribution in [-0.2, 0) is 9.59 Å². The number of rotatable bonds is 7. The lowest BCUT2D eigenvalue weighted by molar-refractivity contribution is -0.132. The second-order valence-corrected chi connectivity index (χ2v) is 8.77. The second-order valence-electron chi connectivity index (χ2n) is 8.77. The van der Waals surface area contributed by atoms with Crippen LogP contribution in [0.15, 0.2) is 72.3 Å². The van der Waals surface area contributed by atoms with E-state index < -0.39 is 29.3 Å². The number of ketones is 1. The highest BCUT2D eigenvalue weighted by molar-refractivity contribution is 6.51. The van der Waals surface area contributed by atoms with Gasteiger partial charge < -0.3 is 14.6 Å².